The fraction of sp³-hybridized carbons (Fsp3) is 0.462. The molecule has 2 heterocycles. The van der Waals surface area contributed by atoms with E-state index in [9.17, 15) is 9.59 Å². The molecule has 2 unspecified atom stereocenters. The molecule has 0 aromatic heterocycles. The number of amides is 3. The summed E-state index contributed by atoms with van der Waals surface area (Å²) in [7, 11) is 0. The number of rotatable bonds is 4. The van der Waals surface area contributed by atoms with Crippen LogP contribution in [0.5, 0.6) is 0 Å². The summed E-state index contributed by atoms with van der Waals surface area (Å²) >= 11 is 6.14. The number of hydrogen-bond acceptors (Lipinski definition) is 3. The van der Waals surface area contributed by atoms with Crippen molar-refractivity contribution in [3.05, 3.63) is 70.7 Å². The van der Waals surface area contributed by atoms with Gasteiger partial charge < -0.3 is 15.1 Å². The Morgan fingerprint density at radius 1 is 0.939 bits per heavy atom. The van der Waals surface area contributed by atoms with Crippen LogP contribution in [0.4, 0.5) is 4.79 Å². The van der Waals surface area contributed by atoms with E-state index in [0.29, 0.717) is 19.6 Å². The lowest BCUT2D eigenvalue weighted by Crippen LogP contribution is -2.59. The minimum Gasteiger partial charge on any atom is -0.343 e. The number of piperidine rings is 1. The molecule has 33 heavy (non-hydrogen) atoms. The van der Waals surface area contributed by atoms with Gasteiger partial charge in [0.15, 0.2) is 0 Å². The van der Waals surface area contributed by atoms with Crippen molar-refractivity contribution >= 4 is 23.5 Å². The smallest absolute Gasteiger partial charge is 0.317 e. The van der Waals surface area contributed by atoms with Gasteiger partial charge in [0.1, 0.15) is 0 Å². The minimum atomic E-state index is 0.00572. The van der Waals surface area contributed by atoms with Crippen molar-refractivity contribution in [1.29, 1.82) is 0 Å². The molecular formula is C26H33ClN4O2. The molecule has 0 saturated carbocycles. The van der Waals surface area contributed by atoms with E-state index in [0.717, 1.165) is 31.0 Å². The highest BCUT2D eigenvalue weighted by Crippen LogP contribution is 2.31. The number of carbonyl (C=O) groups excluding carboxylic acids is 2. The maximum atomic E-state index is 13.0. The van der Waals surface area contributed by atoms with Gasteiger partial charge in [-0.05, 0) is 43.0 Å². The zero-order valence-electron chi connectivity index (χ0n) is 19.4. The molecule has 3 amide bonds. The standard InChI is InChI=1S/C26H33ClN4O2/c1-19-18-30(25(21-6-4-3-5-7-21)22-8-10-23(27)11-9-22)16-17-31(19)26(33)28-24-12-14-29(15-13-24)20(2)32/h3-11,19,24-25H,12-18H2,1-2H3,(H,28,33). The van der Waals surface area contributed by atoms with Crippen LogP contribution in [-0.4, -0.2) is 71.4 Å². The Morgan fingerprint density at radius 3 is 2.18 bits per heavy atom. The Balaban J connectivity index is 1.41. The molecule has 2 atom stereocenters. The first kappa shape index (κ1) is 23.6. The van der Waals surface area contributed by atoms with Crippen LogP contribution < -0.4 is 5.32 Å². The van der Waals surface area contributed by atoms with E-state index < -0.39 is 0 Å². The van der Waals surface area contributed by atoms with E-state index in [2.05, 4.69) is 53.5 Å². The molecule has 2 aromatic rings. The summed E-state index contributed by atoms with van der Waals surface area (Å²) < 4.78 is 0. The largest absolute Gasteiger partial charge is 0.343 e. The third kappa shape index (κ3) is 5.68. The molecule has 1 N–H and O–H groups in total. The molecule has 2 fully saturated rings. The maximum Gasteiger partial charge on any atom is 0.317 e. The molecule has 4 rings (SSSR count). The van der Waals surface area contributed by atoms with Crippen molar-refractivity contribution in [2.45, 2.75) is 44.8 Å². The van der Waals surface area contributed by atoms with Crippen molar-refractivity contribution in [3.8, 4) is 0 Å². The molecule has 0 bridgehead atoms. The van der Waals surface area contributed by atoms with E-state index in [4.69, 9.17) is 11.6 Å². The Bertz CT molecular complexity index is 945. The lowest BCUT2D eigenvalue weighted by molar-refractivity contribution is -0.129. The molecule has 2 aromatic carbocycles. The quantitative estimate of drug-likeness (QED) is 0.733. The number of benzene rings is 2. The number of urea groups is 1. The van der Waals surface area contributed by atoms with Gasteiger partial charge in [0.2, 0.25) is 5.91 Å². The van der Waals surface area contributed by atoms with Crippen molar-refractivity contribution in [1.82, 2.24) is 20.0 Å². The van der Waals surface area contributed by atoms with Gasteiger partial charge in [-0.3, -0.25) is 9.69 Å². The van der Waals surface area contributed by atoms with Gasteiger partial charge in [0.25, 0.3) is 0 Å². The van der Waals surface area contributed by atoms with Crippen molar-refractivity contribution in [3.63, 3.8) is 0 Å². The number of halogens is 1. The predicted octanol–water partition coefficient (Wildman–Crippen LogP) is 4.16. The summed E-state index contributed by atoms with van der Waals surface area (Å²) in [5.41, 5.74) is 2.44. The highest BCUT2D eigenvalue weighted by Gasteiger charge is 2.33. The molecule has 6 nitrogen and oxygen atoms in total. The number of piperazine rings is 1. The van der Waals surface area contributed by atoms with Crippen LogP contribution in [0, 0.1) is 0 Å². The van der Waals surface area contributed by atoms with Gasteiger partial charge in [-0.25, -0.2) is 4.79 Å². The molecule has 2 aliphatic heterocycles. The fourth-order valence-corrected chi connectivity index (χ4v) is 5.14. The van der Waals surface area contributed by atoms with Crippen molar-refractivity contribution in [2.75, 3.05) is 32.7 Å². The molecule has 2 aliphatic rings. The number of nitrogens with zero attached hydrogens (tertiary/aromatic N) is 3. The number of carbonyl (C=O) groups is 2. The van der Waals surface area contributed by atoms with Crippen LogP contribution in [0.1, 0.15) is 43.9 Å². The summed E-state index contributed by atoms with van der Waals surface area (Å²) in [5, 5.41) is 3.94. The maximum absolute atomic E-state index is 13.0. The molecule has 2 saturated heterocycles. The lowest BCUT2D eigenvalue weighted by atomic mass is 9.95. The highest BCUT2D eigenvalue weighted by molar-refractivity contribution is 6.30. The first-order valence-electron chi connectivity index (χ1n) is 11.8. The van der Waals surface area contributed by atoms with Gasteiger partial charge in [-0.2, -0.15) is 0 Å². The van der Waals surface area contributed by atoms with E-state index in [1.54, 1.807) is 6.92 Å². The summed E-state index contributed by atoms with van der Waals surface area (Å²) in [6, 6.07) is 18.9. The molecule has 176 valence electrons. The van der Waals surface area contributed by atoms with Crippen molar-refractivity contribution < 1.29 is 9.59 Å². The van der Waals surface area contributed by atoms with Crippen LogP contribution in [0.3, 0.4) is 0 Å². The van der Waals surface area contributed by atoms with Crippen LogP contribution in [0.15, 0.2) is 54.6 Å². The lowest BCUT2D eigenvalue weighted by Gasteiger charge is -2.44. The normalized spacial score (nSPS) is 21.0. The monoisotopic (exact) mass is 468 g/mol. The Kier molecular flexibility index (Phi) is 7.56. The second kappa shape index (κ2) is 10.6. The second-order valence-corrected chi connectivity index (χ2v) is 9.57. The summed E-state index contributed by atoms with van der Waals surface area (Å²) in [6.07, 6.45) is 1.62. The summed E-state index contributed by atoms with van der Waals surface area (Å²) in [5.74, 6) is 0.109. The average molecular weight is 469 g/mol. The van der Waals surface area contributed by atoms with Gasteiger partial charge in [-0.15, -0.1) is 0 Å². The number of hydrogen-bond donors (Lipinski definition) is 1. The first-order chi connectivity index (χ1) is 15.9. The van der Waals surface area contributed by atoms with E-state index in [1.165, 1.54) is 11.1 Å². The Morgan fingerprint density at radius 2 is 1.58 bits per heavy atom. The van der Waals surface area contributed by atoms with Gasteiger partial charge in [0.05, 0.1) is 6.04 Å². The second-order valence-electron chi connectivity index (χ2n) is 9.13. The average Bonchev–Trinajstić information content (AvgIpc) is 2.81. The van der Waals surface area contributed by atoms with Crippen LogP contribution in [-0.2, 0) is 4.79 Å². The van der Waals surface area contributed by atoms with E-state index >= 15 is 0 Å². The number of nitrogens with one attached hydrogen (secondary N) is 1. The zero-order chi connectivity index (χ0) is 23.4. The SMILES string of the molecule is CC(=O)N1CCC(NC(=O)N2CCN(C(c3ccccc3)c3ccc(Cl)cc3)CC2C)CC1. The molecule has 0 radical (unpaired) electrons. The zero-order valence-corrected chi connectivity index (χ0v) is 20.2. The summed E-state index contributed by atoms with van der Waals surface area (Å²) in [4.78, 5) is 30.9. The number of likely N-dealkylation sites (tertiary alicyclic amines) is 1. The highest BCUT2D eigenvalue weighted by atomic mass is 35.5. The van der Waals surface area contributed by atoms with Crippen LogP contribution in [0.25, 0.3) is 0 Å². The Labute approximate surface area is 201 Å². The summed E-state index contributed by atoms with van der Waals surface area (Å²) in [6.45, 7) is 7.41. The molecular weight excluding hydrogens is 436 g/mol. The molecule has 7 heteroatoms. The van der Waals surface area contributed by atoms with Crippen LogP contribution in [0.2, 0.25) is 5.02 Å². The molecule has 0 aliphatic carbocycles. The minimum absolute atomic E-state index is 0.00572. The fourth-order valence-electron chi connectivity index (χ4n) is 5.01. The third-order valence-corrected chi connectivity index (χ3v) is 7.11. The van der Waals surface area contributed by atoms with E-state index in [1.807, 2.05) is 28.0 Å². The predicted molar refractivity (Wildman–Crippen MR) is 131 cm³/mol. The Hall–Kier alpha value is -2.57. The van der Waals surface area contributed by atoms with Crippen molar-refractivity contribution in [2.24, 2.45) is 0 Å². The van der Waals surface area contributed by atoms with E-state index in [-0.39, 0.29) is 30.1 Å². The van der Waals surface area contributed by atoms with Crippen LogP contribution >= 0.6 is 11.6 Å². The first-order valence-corrected chi connectivity index (χ1v) is 12.2. The topological polar surface area (TPSA) is 55.9 Å². The van der Waals surface area contributed by atoms with Gasteiger partial charge >= 0.3 is 6.03 Å². The van der Waals surface area contributed by atoms with Gasteiger partial charge in [0, 0.05) is 56.8 Å². The van der Waals surface area contributed by atoms with Gasteiger partial charge in [-0.1, -0.05) is 54.1 Å². The third-order valence-electron chi connectivity index (χ3n) is 6.85. The molecule has 0 spiro atoms.